The maximum absolute atomic E-state index is 12.3. The molecule has 2 rings (SSSR count). The number of nitrogens with zero attached hydrogens (tertiary/aromatic N) is 2. The molecule has 3 heteroatoms. The third-order valence-electron chi connectivity index (χ3n) is 3.87. The molecular formula is C13H24N2O. The lowest BCUT2D eigenvalue weighted by Gasteiger charge is -2.38. The van der Waals surface area contributed by atoms with Crippen molar-refractivity contribution in [3.05, 3.63) is 0 Å². The summed E-state index contributed by atoms with van der Waals surface area (Å²) in [5.74, 6) is 0. The molecule has 1 unspecified atom stereocenters. The Morgan fingerprint density at radius 3 is 2.50 bits per heavy atom. The van der Waals surface area contributed by atoms with E-state index in [0.29, 0.717) is 12.1 Å². The van der Waals surface area contributed by atoms with Crippen molar-refractivity contribution in [1.29, 1.82) is 0 Å². The van der Waals surface area contributed by atoms with Gasteiger partial charge in [0.2, 0.25) is 0 Å². The number of likely N-dealkylation sites (tertiary alicyclic amines) is 2. The molecule has 0 radical (unpaired) electrons. The monoisotopic (exact) mass is 224 g/mol. The van der Waals surface area contributed by atoms with Gasteiger partial charge in [-0.05, 0) is 38.5 Å². The minimum atomic E-state index is 0.315. The van der Waals surface area contributed by atoms with Crippen LogP contribution >= 0.6 is 0 Å². The number of rotatable bonds is 2. The molecule has 0 spiro atoms. The summed E-state index contributed by atoms with van der Waals surface area (Å²) in [4.78, 5) is 16.5. The average molecular weight is 224 g/mol. The molecule has 2 fully saturated rings. The number of urea groups is 1. The van der Waals surface area contributed by atoms with Crippen LogP contribution in [-0.2, 0) is 0 Å². The summed E-state index contributed by atoms with van der Waals surface area (Å²) in [6.45, 7) is 5.16. The fourth-order valence-corrected chi connectivity index (χ4v) is 2.98. The molecule has 3 nitrogen and oxygen atoms in total. The minimum absolute atomic E-state index is 0.315. The van der Waals surface area contributed by atoms with Gasteiger partial charge in [0.1, 0.15) is 0 Å². The fourth-order valence-electron chi connectivity index (χ4n) is 2.98. The maximum atomic E-state index is 12.3. The molecule has 2 aliphatic rings. The van der Waals surface area contributed by atoms with E-state index < -0.39 is 0 Å². The highest BCUT2D eigenvalue weighted by Gasteiger charge is 2.30. The Morgan fingerprint density at radius 2 is 1.81 bits per heavy atom. The van der Waals surface area contributed by atoms with Crippen molar-refractivity contribution in [2.45, 2.75) is 57.9 Å². The van der Waals surface area contributed by atoms with E-state index >= 15 is 0 Å². The van der Waals surface area contributed by atoms with Gasteiger partial charge in [0.15, 0.2) is 0 Å². The number of carbonyl (C=O) groups excluding carboxylic acids is 1. The highest BCUT2D eigenvalue weighted by molar-refractivity contribution is 5.75. The summed E-state index contributed by atoms with van der Waals surface area (Å²) in [5, 5.41) is 0. The molecule has 2 saturated heterocycles. The zero-order chi connectivity index (χ0) is 11.4. The SMILES string of the molecule is CCCC1CCCCN1C(=O)N1CCCC1. The van der Waals surface area contributed by atoms with Crippen LogP contribution in [0.4, 0.5) is 4.79 Å². The summed E-state index contributed by atoms with van der Waals surface area (Å²) in [7, 11) is 0. The Hall–Kier alpha value is -0.730. The predicted molar refractivity (Wildman–Crippen MR) is 65.5 cm³/mol. The van der Waals surface area contributed by atoms with Gasteiger partial charge < -0.3 is 9.80 Å². The van der Waals surface area contributed by atoms with E-state index in [4.69, 9.17) is 0 Å². The molecule has 0 bridgehead atoms. The lowest BCUT2D eigenvalue weighted by Crippen LogP contribution is -2.49. The highest BCUT2D eigenvalue weighted by atomic mass is 16.2. The van der Waals surface area contributed by atoms with Crippen molar-refractivity contribution >= 4 is 6.03 Å². The third kappa shape index (κ3) is 2.50. The Balaban J connectivity index is 1.95. The largest absolute Gasteiger partial charge is 0.325 e. The molecule has 16 heavy (non-hydrogen) atoms. The van der Waals surface area contributed by atoms with Crippen molar-refractivity contribution in [3.63, 3.8) is 0 Å². The molecule has 1 atom stereocenters. The van der Waals surface area contributed by atoms with Crippen LogP contribution in [0, 0.1) is 0 Å². The molecule has 92 valence electrons. The van der Waals surface area contributed by atoms with E-state index in [1.165, 1.54) is 44.9 Å². The summed E-state index contributed by atoms with van der Waals surface area (Å²) >= 11 is 0. The van der Waals surface area contributed by atoms with Crippen molar-refractivity contribution in [2.75, 3.05) is 19.6 Å². The second-order valence-corrected chi connectivity index (χ2v) is 5.11. The summed E-state index contributed by atoms with van der Waals surface area (Å²) in [5.41, 5.74) is 0. The molecule has 0 aliphatic carbocycles. The fraction of sp³-hybridized carbons (Fsp3) is 0.923. The quantitative estimate of drug-likeness (QED) is 0.707. The average Bonchev–Trinajstić information content (AvgIpc) is 2.83. The van der Waals surface area contributed by atoms with Gasteiger partial charge in [-0.3, -0.25) is 0 Å². The van der Waals surface area contributed by atoms with E-state index in [1.54, 1.807) is 0 Å². The first-order chi connectivity index (χ1) is 7.83. The Kier molecular flexibility index (Phi) is 4.08. The van der Waals surface area contributed by atoms with Gasteiger partial charge in [0.05, 0.1) is 0 Å². The summed E-state index contributed by atoms with van der Waals surface area (Å²) < 4.78 is 0. The Bertz CT molecular complexity index is 234. The molecule has 0 N–H and O–H groups in total. The number of piperidine rings is 1. The molecule has 2 amide bonds. The Morgan fingerprint density at radius 1 is 1.12 bits per heavy atom. The summed E-state index contributed by atoms with van der Waals surface area (Å²) in [6.07, 6.45) is 8.46. The van der Waals surface area contributed by atoms with E-state index in [1.807, 2.05) is 4.90 Å². The molecular weight excluding hydrogens is 200 g/mol. The van der Waals surface area contributed by atoms with Gasteiger partial charge in [-0.25, -0.2) is 4.79 Å². The number of hydrogen-bond donors (Lipinski definition) is 0. The smallest absolute Gasteiger partial charge is 0.320 e. The second-order valence-electron chi connectivity index (χ2n) is 5.11. The van der Waals surface area contributed by atoms with Crippen LogP contribution < -0.4 is 0 Å². The van der Waals surface area contributed by atoms with Crippen molar-refractivity contribution in [1.82, 2.24) is 9.80 Å². The molecule has 0 aromatic heterocycles. The lowest BCUT2D eigenvalue weighted by atomic mass is 9.99. The van der Waals surface area contributed by atoms with Crippen LogP contribution in [0.15, 0.2) is 0 Å². The van der Waals surface area contributed by atoms with Gasteiger partial charge in [-0.2, -0.15) is 0 Å². The topological polar surface area (TPSA) is 23.6 Å². The van der Waals surface area contributed by atoms with E-state index in [2.05, 4.69) is 11.8 Å². The molecule has 2 aliphatic heterocycles. The van der Waals surface area contributed by atoms with Gasteiger partial charge in [0, 0.05) is 25.7 Å². The van der Waals surface area contributed by atoms with Crippen molar-refractivity contribution in [2.24, 2.45) is 0 Å². The van der Waals surface area contributed by atoms with Crippen LogP contribution in [0.2, 0.25) is 0 Å². The van der Waals surface area contributed by atoms with Crippen LogP contribution in [0.25, 0.3) is 0 Å². The standard InChI is InChI=1S/C13H24N2O/c1-2-7-12-8-3-4-11-15(12)13(16)14-9-5-6-10-14/h12H,2-11H2,1H3. The first-order valence-electron chi connectivity index (χ1n) is 6.88. The second kappa shape index (κ2) is 5.55. The highest BCUT2D eigenvalue weighted by Crippen LogP contribution is 2.23. The molecule has 2 heterocycles. The van der Waals surface area contributed by atoms with Crippen molar-refractivity contribution < 1.29 is 4.79 Å². The first-order valence-corrected chi connectivity index (χ1v) is 6.88. The van der Waals surface area contributed by atoms with Crippen LogP contribution in [0.5, 0.6) is 0 Å². The molecule has 0 aromatic carbocycles. The normalized spacial score (nSPS) is 26.2. The number of amides is 2. The zero-order valence-corrected chi connectivity index (χ0v) is 10.5. The third-order valence-corrected chi connectivity index (χ3v) is 3.87. The van der Waals surface area contributed by atoms with Crippen LogP contribution in [0.1, 0.15) is 51.9 Å². The van der Waals surface area contributed by atoms with E-state index in [0.717, 1.165) is 19.6 Å². The van der Waals surface area contributed by atoms with Crippen LogP contribution in [0.3, 0.4) is 0 Å². The zero-order valence-electron chi connectivity index (χ0n) is 10.5. The first kappa shape index (κ1) is 11.7. The lowest BCUT2D eigenvalue weighted by molar-refractivity contribution is 0.118. The van der Waals surface area contributed by atoms with E-state index in [9.17, 15) is 4.79 Å². The van der Waals surface area contributed by atoms with E-state index in [-0.39, 0.29) is 0 Å². The van der Waals surface area contributed by atoms with Gasteiger partial charge in [0.25, 0.3) is 0 Å². The maximum Gasteiger partial charge on any atom is 0.320 e. The van der Waals surface area contributed by atoms with Gasteiger partial charge in [-0.15, -0.1) is 0 Å². The molecule has 0 saturated carbocycles. The van der Waals surface area contributed by atoms with Gasteiger partial charge in [-0.1, -0.05) is 13.3 Å². The van der Waals surface area contributed by atoms with Gasteiger partial charge >= 0.3 is 6.03 Å². The Labute approximate surface area is 98.8 Å². The molecule has 0 aromatic rings. The number of carbonyl (C=O) groups is 1. The van der Waals surface area contributed by atoms with Crippen molar-refractivity contribution in [3.8, 4) is 0 Å². The number of hydrogen-bond acceptors (Lipinski definition) is 1. The summed E-state index contributed by atoms with van der Waals surface area (Å²) in [6, 6.07) is 0.836. The van der Waals surface area contributed by atoms with Crippen LogP contribution in [-0.4, -0.2) is 41.5 Å². The minimum Gasteiger partial charge on any atom is -0.325 e. The predicted octanol–water partition coefficient (Wildman–Crippen LogP) is 2.86.